The molecule has 2 aromatic rings. The second-order valence-electron chi connectivity index (χ2n) is 8.73. The Balaban J connectivity index is 1.71. The molecule has 0 atom stereocenters. The molecule has 162 valence electrons. The van der Waals surface area contributed by atoms with Crippen LogP contribution in [0.5, 0.6) is 0 Å². The molecule has 0 spiro atoms. The van der Waals surface area contributed by atoms with Gasteiger partial charge in [-0.15, -0.1) is 23.1 Å². The fourth-order valence-corrected chi connectivity index (χ4v) is 6.22. The molecular formula is C23H30N2O3S2. The third kappa shape index (κ3) is 5.25. The van der Waals surface area contributed by atoms with E-state index in [0.717, 1.165) is 22.6 Å². The maximum absolute atomic E-state index is 12.6. The van der Waals surface area contributed by atoms with Crippen molar-refractivity contribution in [2.75, 3.05) is 18.2 Å². The van der Waals surface area contributed by atoms with E-state index in [9.17, 15) is 9.59 Å². The standard InChI is InChI=1S/C23H30N2O3S2/c1-22(2)14-16-18(21(27)28-5)20(30-19(16)23(3,4)25-22)24-17(26)12-9-13-29-15-10-7-6-8-11-15/h6-8,10-11,25H,9,12-14H2,1-5H3,(H,24,26). The average Bonchev–Trinajstić information content (AvgIpc) is 3.02. The van der Waals surface area contributed by atoms with E-state index in [1.54, 1.807) is 11.8 Å². The Morgan fingerprint density at radius 1 is 1.20 bits per heavy atom. The van der Waals surface area contributed by atoms with Gasteiger partial charge in [0.25, 0.3) is 0 Å². The Kier molecular flexibility index (Phi) is 6.95. The molecular weight excluding hydrogens is 416 g/mol. The van der Waals surface area contributed by atoms with E-state index < -0.39 is 5.97 Å². The highest BCUT2D eigenvalue weighted by Crippen LogP contribution is 2.45. The molecule has 5 nitrogen and oxygen atoms in total. The van der Waals surface area contributed by atoms with E-state index in [1.807, 2.05) is 18.2 Å². The fraction of sp³-hybridized carbons (Fsp3) is 0.478. The van der Waals surface area contributed by atoms with Crippen LogP contribution in [0.15, 0.2) is 35.2 Å². The smallest absolute Gasteiger partial charge is 0.341 e. The summed E-state index contributed by atoms with van der Waals surface area (Å²) in [4.78, 5) is 27.5. The number of anilines is 1. The van der Waals surface area contributed by atoms with E-state index in [2.05, 4.69) is 50.5 Å². The summed E-state index contributed by atoms with van der Waals surface area (Å²) in [6.45, 7) is 8.46. The van der Waals surface area contributed by atoms with Gasteiger partial charge in [0.1, 0.15) is 5.00 Å². The minimum atomic E-state index is -0.393. The molecule has 0 aliphatic carbocycles. The second kappa shape index (κ2) is 9.12. The number of hydrogen-bond acceptors (Lipinski definition) is 6. The predicted octanol–water partition coefficient (Wildman–Crippen LogP) is 5.21. The highest BCUT2D eigenvalue weighted by Gasteiger charge is 2.42. The largest absolute Gasteiger partial charge is 0.465 e. The van der Waals surface area contributed by atoms with Crippen LogP contribution in [-0.2, 0) is 21.5 Å². The average molecular weight is 447 g/mol. The van der Waals surface area contributed by atoms with Gasteiger partial charge in [0.2, 0.25) is 5.91 Å². The maximum atomic E-state index is 12.6. The first-order valence-corrected chi connectivity index (χ1v) is 11.9. The van der Waals surface area contributed by atoms with E-state index >= 15 is 0 Å². The summed E-state index contributed by atoms with van der Waals surface area (Å²) in [6, 6.07) is 10.2. The third-order valence-electron chi connectivity index (χ3n) is 5.05. The Morgan fingerprint density at radius 3 is 2.57 bits per heavy atom. The minimum Gasteiger partial charge on any atom is -0.465 e. The van der Waals surface area contributed by atoms with Crippen molar-refractivity contribution in [3.05, 3.63) is 46.3 Å². The summed E-state index contributed by atoms with van der Waals surface area (Å²) >= 11 is 3.22. The number of carbonyl (C=O) groups is 2. The molecule has 0 saturated heterocycles. The summed E-state index contributed by atoms with van der Waals surface area (Å²) in [5.74, 6) is 0.404. The van der Waals surface area contributed by atoms with E-state index in [1.165, 1.54) is 23.3 Å². The number of methoxy groups -OCH3 is 1. The summed E-state index contributed by atoms with van der Waals surface area (Å²) in [5, 5.41) is 7.23. The van der Waals surface area contributed by atoms with Crippen molar-refractivity contribution in [1.29, 1.82) is 0 Å². The minimum absolute atomic E-state index is 0.0718. The lowest BCUT2D eigenvalue weighted by molar-refractivity contribution is -0.116. The lowest BCUT2D eigenvalue weighted by Crippen LogP contribution is -2.55. The number of rotatable bonds is 7. The van der Waals surface area contributed by atoms with Crippen LogP contribution in [0.4, 0.5) is 5.00 Å². The van der Waals surface area contributed by atoms with E-state index in [0.29, 0.717) is 23.4 Å². The number of benzene rings is 1. The first kappa shape index (κ1) is 22.8. The number of thioether (sulfide) groups is 1. The number of ether oxygens (including phenoxy) is 1. The molecule has 0 radical (unpaired) electrons. The Hall–Kier alpha value is -1.83. The van der Waals surface area contributed by atoms with Gasteiger partial charge in [0, 0.05) is 27.3 Å². The van der Waals surface area contributed by atoms with Crippen LogP contribution in [0.2, 0.25) is 0 Å². The molecule has 0 bridgehead atoms. The highest BCUT2D eigenvalue weighted by atomic mass is 32.2. The monoisotopic (exact) mass is 446 g/mol. The number of fused-ring (bicyclic) bond motifs is 1. The number of carbonyl (C=O) groups excluding carboxylic acids is 2. The molecule has 30 heavy (non-hydrogen) atoms. The van der Waals surface area contributed by atoms with Gasteiger partial charge < -0.3 is 15.4 Å². The van der Waals surface area contributed by atoms with Gasteiger partial charge in [0.15, 0.2) is 0 Å². The molecule has 1 aromatic heterocycles. The molecule has 1 amide bonds. The fourth-order valence-electron chi connectivity index (χ4n) is 4.06. The molecule has 0 saturated carbocycles. The topological polar surface area (TPSA) is 67.4 Å². The Bertz CT molecular complexity index is 920. The van der Waals surface area contributed by atoms with Gasteiger partial charge >= 0.3 is 5.97 Å². The lowest BCUT2D eigenvalue weighted by Gasteiger charge is -2.42. The van der Waals surface area contributed by atoms with E-state index in [4.69, 9.17) is 4.74 Å². The van der Waals surface area contributed by atoms with Crippen molar-refractivity contribution in [1.82, 2.24) is 5.32 Å². The van der Waals surface area contributed by atoms with Gasteiger partial charge in [-0.05, 0) is 64.0 Å². The zero-order valence-corrected chi connectivity index (χ0v) is 19.9. The Morgan fingerprint density at radius 2 is 1.90 bits per heavy atom. The molecule has 2 N–H and O–H groups in total. The highest BCUT2D eigenvalue weighted by molar-refractivity contribution is 7.99. The number of esters is 1. The van der Waals surface area contributed by atoms with Crippen molar-refractivity contribution in [3.63, 3.8) is 0 Å². The van der Waals surface area contributed by atoms with Gasteiger partial charge in [-0.1, -0.05) is 18.2 Å². The van der Waals surface area contributed by atoms with Crippen molar-refractivity contribution in [3.8, 4) is 0 Å². The summed E-state index contributed by atoms with van der Waals surface area (Å²) in [7, 11) is 1.39. The third-order valence-corrected chi connectivity index (χ3v) is 7.62. The van der Waals surface area contributed by atoms with Crippen LogP contribution in [0.3, 0.4) is 0 Å². The van der Waals surface area contributed by atoms with Gasteiger partial charge in [-0.25, -0.2) is 4.79 Å². The van der Waals surface area contributed by atoms with Gasteiger partial charge in [0.05, 0.1) is 12.7 Å². The summed E-state index contributed by atoms with van der Waals surface area (Å²) in [6.07, 6.45) is 1.89. The predicted molar refractivity (Wildman–Crippen MR) is 125 cm³/mol. The van der Waals surface area contributed by atoms with Crippen LogP contribution in [0.25, 0.3) is 0 Å². The lowest BCUT2D eigenvalue weighted by atomic mass is 9.81. The van der Waals surface area contributed by atoms with Crippen molar-refractivity contribution < 1.29 is 14.3 Å². The van der Waals surface area contributed by atoms with Crippen molar-refractivity contribution in [2.24, 2.45) is 0 Å². The zero-order valence-electron chi connectivity index (χ0n) is 18.3. The van der Waals surface area contributed by atoms with E-state index in [-0.39, 0.29) is 17.0 Å². The number of hydrogen-bond donors (Lipinski definition) is 2. The first-order chi connectivity index (χ1) is 14.1. The first-order valence-electron chi connectivity index (χ1n) is 10.1. The van der Waals surface area contributed by atoms with Gasteiger partial charge in [-0.2, -0.15) is 0 Å². The molecule has 3 rings (SSSR count). The van der Waals surface area contributed by atoms with Crippen LogP contribution in [0, 0.1) is 0 Å². The zero-order chi connectivity index (χ0) is 21.9. The molecule has 7 heteroatoms. The molecule has 2 heterocycles. The molecule has 1 aromatic carbocycles. The quantitative estimate of drug-likeness (QED) is 0.347. The number of thiophene rings is 1. The van der Waals surface area contributed by atoms with Crippen LogP contribution in [0.1, 0.15) is 61.3 Å². The van der Waals surface area contributed by atoms with Gasteiger partial charge in [-0.3, -0.25) is 4.79 Å². The maximum Gasteiger partial charge on any atom is 0.341 e. The number of amides is 1. The molecule has 1 aliphatic heterocycles. The van der Waals surface area contributed by atoms with Crippen molar-refractivity contribution in [2.45, 2.75) is 62.9 Å². The molecule has 0 fully saturated rings. The SMILES string of the molecule is COC(=O)c1c(NC(=O)CCCSc2ccccc2)sc2c1CC(C)(C)NC2(C)C. The Labute approximate surface area is 187 Å². The van der Waals surface area contributed by atoms with Crippen LogP contribution >= 0.6 is 23.1 Å². The second-order valence-corrected chi connectivity index (χ2v) is 10.9. The molecule has 1 aliphatic rings. The van der Waals surface area contributed by atoms with Crippen LogP contribution < -0.4 is 10.6 Å². The summed E-state index contributed by atoms with van der Waals surface area (Å²) < 4.78 is 5.06. The normalized spacial score (nSPS) is 16.6. The molecule has 0 unspecified atom stereocenters. The van der Waals surface area contributed by atoms with Crippen LogP contribution in [-0.4, -0.2) is 30.3 Å². The number of nitrogens with one attached hydrogen (secondary N) is 2. The summed E-state index contributed by atoms with van der Waals surface area (Å²) in [5.41, 5.74) is 1.04. The van der Waals surface area contributed by atoms with Crippen molar-refractivity contribution >= 4 is 40.0 Å².